The summed E-state index contributed by atoms with van der Waals surface area (Å²) in [5, 5.41) is 18.3. The molecule has 3 amide bonds. The van der Waals surface area contributed by atoms with E-state index in [0.717, 1.165) is 25.0 Å². The molecule has 45 heavy (non-hydrogen) atoms. The van der Waals surface area contributed by atoms with Crippen molar-refractivity contribution < 1.29 is 41.7 Å². The van der Waals surface area contributed by atoms with Gasteiger partial charge in [-0.15, -0.1) is 0 Å². The number of hydrogen-bond acceptors (Lipinski definition) is 6. The predicted octanol–water partition coefficient (Wildman–Crippen LogP) is 5.83. The molecule has 1 aromatic heterocycles. The molecular formula is C31H33ClF4N4O5. The van der Waals surface area contributed by atoms with E-state index in [2.05, 4.69) is 20.9 Å². The van der Waals surface area contributed by atoms with Crippen LogP contribution in [0.3, 0.4) is 0 Å². The summed E-state index contributed by atoms with van der Waals surface area (Å²) in [6.07, 6.45) is -3.53. The second kappa shape index (κ2) is 13.1. The zero-order valence-electron chi connectivity index (χ0n) is 24.9. The number of methoxy groups -OCH3 is 1. The van der Waals surface area contributed by atoms with E-state index < -0.39 is 47.3 Å². The number of pyridine rings is 1. The highest BCUT2D eigenvalue weighted by Gasteiger charge is 2.56. The smallest absolute Gasteiger partial charge is 0.424 e. The summed E-state index contributed by atoms with van der Waals surface area (Å²) < 4.78 is 69.0. The van der Waals surface area contributed by atoms with E-state index in [1.807, 2.05) is 0 Å². The molecule has 4 N–H and O–H groups in total. The van der Waals surface area contributed by atoms with Crippen LogP contribution in [-0.4, -0.2) is 54.5 Å². The molecule has 0 aliphatic heterocycles. The number of nitrogens with zero attached hydrogens (tertiary/aromatic N) is 1. The van der Waals surface area contributed by atoms with E-state index in [4.69, 9.17) is 21.1 Å². The minimum Gasteiger partial charge on any atom is -0.493 e. The molecule has 0 radical (unpaired) electrons. The monoisotopic (exact) mass is 652 g/mol. The first-order chi connectivity index (χ1) is 21.1. The number of rotatable bonds is 11. The lowest BCUT2D eigenvalue weighted by atomic mass is 9.88. The molecule has 0 bridgehead atoms. The summed E-state index contributed by atoms with van der Waals surface area (Å²) in [5.74, 6) is -1.07. The zero-order chi connectivity index (χ0) is 33.2. The number of urea groups is 1. The number of nitrogens with one attached hydrogen (secondary N) is 3. The highest BCUT2D eigenvalue weighted by Crippen LogP contribution is 2.41. The summed E-state index contributed by atoms with van der Waals surface area (Å²) in [6.45, 7) is 3.75. The molecule has 14 heteroatoms. The van der Waals surface area contributed by atoms with Crippen molar-refractivity contribution in [3.63, 3.8) is 0 Å². The third-order valence-electron chi connectivity index (χ3n) is 7.17. The first-order valence-corrected chi connectivity index (χ1v) is 14.4. The van der Waals surface area contributed by atoms with Crippen molar-refractivity contribution in [3.8, 4) is 22.8 Å². The Morgan fingerprint density at radius 2 is 1.76 bits per heavy atom. The van der Waals surface area contributed by atoms with Crippen molar-refractivity contribution in [3.05, 3.63) is 76.2 Å². The Morgan fingerprint density at radius 3 is 2.36 bits per heavy atom. The van der Waals surface area contributed by atoms with E-state index in [1.165, 1.54) is 43.5 Å². The van der Waals surface area contributed by atoms with Gasteiger partial charge in [-0.3, -0.25) is 4.79 Å². The highest BCUT2D eigenvalue weighted by molar-refractivity contribution is 6.31. The molecule has 9 nitrogen and oxygen atoms in total. The van der Waals surface area contributed by atoms with Crippen LogP contribution in [-0.2, 0) is 11.1 Å². The molecule has 1 saturated carbocycles. The lowest BCUT2D eigenvalue weighted by Gasteiger charge is -2.33. The van der Waals surface area contributed by atoms with Crippen molar-refractivity contribution in [2.75, 3.05) is 20.2 Å². The minimum absolute atomic E-state index is 0.0323. The topological polar surface area (TPSA) is 122 Å². The Balaban J connectivity index is 1.74. The highest BCUT2D eigenvalue weighted by atomic mass is 35.5. The molecule has 1 aliphatic carbocycles. The summed E-state index contributed by atoms with van der Waals surface area (Å²) >= 11 is 5.94. The number of carbonyl (C=O) groups is 2. The summed E-state index contributed by atoms with van der Waals surface area (Å²) in [6, 6.07) is 9.44. The number of benzene rings is 2. The molecule has 242 valence electrons. The number of amides is 3. The molecule has 1 fully saturated rings. The van der Waals surface area contributed by atoms with Gasteiger partial charge in [-0.25, -0.2) is 14.2 Å². The largest absolute Gasteiger partial charge is 0.493 e. The quantitative estimate of drug-likeness (QED) is 0.194. The molecule has 0 spiro atoms. The number of alkyl halides is 3. The van der Waals surface area contributed by atoms with Crippen LogP contribution in [0.25, 0.3) is 11.3 Å². The Labute approximate surface area is 262 Å². The van der Waals surface area contributed by atoms with E-state index in [0.29, 0.717) is 12.3 Å². The second-order valence-corrected chi connectivity index (χ2v) is 11.5. The SMILES string of the molecule is CCNC(=O)NC(C)(C)c1cc(-c2ccc(F)c(Cl)c2)nc(C(O)(CNC(=O)c2ccc(OC3CC3)c(OC)c2)C(F)(F)F)c1. The van der Waals surface area contributed by atoms with Crippen LogP contribution in [0.1, 0.15) is 55.2 Å². The van der Waals surface area contributed by atoms with E-state index in [9.17, 15) is 32.3 Å². The number of hydrogen-bond donors (Lipinski definition) is 4. The van der Waals surface area contributed by atoms with Crippen molar-refractivity contribution in [2.24, 2.45) is 0 Å². The third kappa shape index (κ3) is 7.77. The van der Waals surface area contributed by atoms with Gasteiger partial charge in [-0.05, 0) is 87.7 Å². The average Bonchev–Trinajstić information content (AvgIpc) is 3.80. The summed E-state index contributed by atoms with van der Waals surface area (Å²) in [7, 11) is 1.37. The Morgan fingerprint density at radius 1 is 1.04 bits per heavy atom. The summed E-state index contributed by atoms with van der Waals surface area (Å²) in [5.41, 5.74) is -5.72. The molecule has 1 atom stereocenters. The summed E-state index contributed by atoms with van der Waals surface area (Å²) in [4.78, 5) is 29.5. The van der Waals surface area contributed by atoms with Crippen LogP contribution in [0.4, 0.5) is 22.4 Å². The van der Waals surface area contributed by atoms with Crippen molar-refractivity contribution in [1.82, 2.24) is 20.9 Å². The van der Waals surface area contributed by atoms with Crippen LogP contribution in [0, 0.1) is 5.82 Å². The molecule has 3 aromatic rings. The maximum Gasteiger partial charge on any atom is 0.424 e. The standard InChI is InChI=1S/C31H33ClF4N4O5/c1-5-37-28(42)40-29(2,3)19-14-23(17-6-10-22(33)21(32)12-17)39-26(15-19)30(43,31(34,35)36)16-38-27(41)18-7-11-24(25(13-18)44-4)45-20-8-9-20/h6-7,10-15,20,43H,5,8-9,16H2,1-4H3,(H,38,41)(H2,37,40,42). The number of aromatic nitrogens is 1. The van der Waals surface area contributed by atoms with Gasteiger partial charge in [-0.2, -0.15) is 13.2 Å². The van der Waals surface area contributed by atoms with E-state index >= 15 is 0 Å². The van der Waals surface area contributed by atoms with Crippen LogP contribution in [0.5, 0.6) is 11.5 Å². The molecule has 0 saturated heterocycles. The van der Waals surface area contributed by atoms with Crippen molar-refractivity contribution in [1.29, 1.82) is 0 Å². The Hall–Kier alpha value is -4.10. The van der Waals surface area contributed by atoms with Gasteiger partial charge in [0.05, 0.1) is 41.7 Å². The first kappa shape index (κ1) is 33.8. The zero-order valence-corrected chi connectivity index (χ0v) is 25.7. The Bertz CT molecular complexity index is 1580. The maximum atomic E-state index is 14.7. The molecular weight excluding hydrogens is 620 g/mol. The Kier molecular flexibility index (Phi) is 9.83. The average molecular weight is 653 g/mol. The maximum absolute atomic E-state index is 14.7. The molecule has 4 rings (SSSR count). The second-order valence-electron chi connectivity index (χ2n) is 11.1. The van der Waals surface area contributed by atoms with Gasteiger partial charge in [0, 0.05) is 17.7 Å². The fourth-order valence-corrected chi connectivity index (χ4v) is 4.57. The van der Waals surface area contributed by atoms with Crippen molar-refractivity contribution >= 4 is 23.5 Å². The van der Waals surface area contributed by atoms with Gasteiger partial charge in [0.25, 0.3) is 5.91 Å². The molecule has 1 unspecified atom stereocenters. The number of aliphatic hydroxyl groups is 1. The fraction of sp³-hybridized carbons (Fsp3) is 0.387. The van der Waals surface area contributed by atoms with Crippen LogP contribution < -0.4 is 25.4 Å². The van der Waals surface area contributed by atoms with Crippen molar-refractivity contribution in [2.45, 2.75) is 57.0 Å². The van der Waals surface area contributed by atoms with E-state index in [1.54, 1.807) is 20.8 Å². The van der Waals surface area contributed by atoms with Crippen LogP contribution >= 0.6 is 11.6 Å². The van der Waals surface area contributed by atoms with Crippen LogP contribution in [0.15, 0.2) is 48.5 Å². The molecule has 2 aromatic carbocycles. The number of carbonyl (C=O) groups excluding carboxylic acids is 2. The van der Waals surface area contributed by atoms with Gasteiger partial charge in [0.1, 0.15) is 5.82 Å². The molecule has 1 aliphatic rings. The normalized spacial score (nSPS) is 14.7. The van der Waals surface area contributed by atoms with Gasteiger partial charge >= 0.3 is 12.2 Å². The van der Waals surface area contributed by atoms with Crippen LogP contribution in [0.2, 0.25) is 5.02 Å². The van der Waals surface area contributed by atoms with Gasteiger partial charge in [-0.1, -0.05) is 11.6 Å². The van der Waals surface area contributed by atoms with Gasteiger partial charge in [0.15, 0.2) is 11.5 Å². The molecule has 1 heterocycles. The lowest BCUT2D eigenvalue weighted by Crippen LogP contribution is -2.52. The lowest BCUT2D eigenvalue weighted by molar-refractivity contribution is -0.265. The fourth-order valence-electron chi connectivity index (χ4n) is 4.39. The van der Waals surface area contributed by atoms with E-state index in [-0.39, 0.29) is 39.3 Å². The predicted molar refractivity (Wildman–Crippen MR) is 159 cm³/mol. The van der Waals surface area contributed by atoms with Gasteiger partial charge < -0.3 is 30.5 Å². The third-order valence-corrected chi connectivity index (χ3v) is 7.46. The minimum atomic E-state index is -5.33. The number of halogens is 5. The van der Waals surface area contributed by atoms with Gasteiger partial charge in [0.2, 0.25) is 5.60 Å². The first-order valence-electron chi connectivity index (χ1n) is 14.0. The number of ether oxygens (including phenoxy) is 2.